The summed E-state index contributed by atoms with van der Waals surface area (Å²) < 4.78 is 6.20. The lowest BCUT2D eigenvalue weighted by atomic mass is 10.2. The number of carbonyl (C=O) groups excluding carboxylic acids is 1. The third kappa shape index (κ3) is 5.89. The Bertz CT molecular complexity index is 822. The maximum absolute atomic E-state index is 11.8. The van der Waals surface area contributed by atoms with Crippen LogP contribution in [0.4, 0.5) is 10.5 Å². The lowest BCUT2D eigenvalue weighted by molar-refractivity contribution is -0.144. The third-order valence-corrected chi connectivity index (χ3v) is 4.23. The molecule has 0 spiro atoms. The van der Waals surface area contributed by atoms with Gasteiger partial charge in [0.25, 0.3) is 0 Å². The Morgan fingerprint density at radius 3 is 2.54 bits per heavy atom. The summed E-state index contributed by atoms with van der Waals surface area (Å²) in [5.41, 5.74) is 4.76. The van der Waals surface area contributed by atoms with Gasteiger partial charge in [-0.05, 0) is 67.4 Å². The van der Waals surface area contributed by atoms with E-state index in [0.29, 0.717) is 11.4 Å². The number of carboxylic acids is 1. The van der Waals surface area contributed by atoms with Gasteiger partial charge in [-0.1, -0.05) is 15.9 Å². The molecule has 8 heteroatoms. The summed E-state index contributed by atoms with van der Waals surface area (Å²) in [5, 5.41) is 15.3. The Hall–Kier alpha value is -2.87. The Kier molecular flexibility index (Phi) is 6.74. The lowest BCUT2D eigenvalue weighted by Crippen LogP contribution is -2.24. The maximum atomic E-state index is 11.8. The van der Waals surface area contributed by atoms with E-state index in [-0.39, 0.29) is 0 Å². The number of hydrogen-bond acceptors (Lipinski definition) is 4. The minimum absolute atomic E-state index is 0.438. The molecule has 0 aliphatic rings. The van der Waals surface area contributed by atoms with E-state index in [1.54, 1.807) is 30.3 Å². The van der Waals surface area contributed by atoms with Gasteiger partial charge < -0.3 is 15.2 Å². The highest BCUT2D eigenvalue weighted by Gasteiger charge is 2.11. The van der Waals surface area contributed by atoms with Crippen molar-refractivity contribution < 1.29 is 19.4 Å². The second-order valence-electron chi connectivity index (χ2n) is 5.46. The van der Waals surface area contributed by atoms with Crippen LogP contribution in [0.5, 0.6) is 5.75 Å². The van der Waals surface area contributed by atoms with Crippen molar-refractivity contribution in [2.24, 2.45) is 5.10 Å². The molecule has 0 bridgehead atoms. The van der Waals surface area contributed by atoms with Crippen LogP contribution in [-0.2, 0) is 4.79 Å². The number of nitrogens with zero attached hydrogens (tertiary/aromatic N) is 1. The Morgan fingerprint density at radius 2 is 1.92 bits per heavy atom. The molecule has 2 aromatic carbocycles. The summed E-state index contributed by atoms with van der Waals surface area (Å²) in [7, 11) is 0. The quantitative estimate of drug-likeness (QED) is 0.489. The first-order valence-electron chi connectivity index (χ1n) is 7.71. The standard InChI is InChI=1S/C18H18BrN3O4/c1-11-9-14(5-8-16(11)19)21-18(25)22-20-10-13-3-6-15(7-4-13)26-12(2)17(23)24/h3-10,12H,1-2H3,(H,23,24)(H2,21,22,25)/b20-10+/t12-/m0/s1. The molecule has 0 aliphatic heterocycles. The molecule has 0 radical (unpaired) electrons. The summed E-state index contributed by atoms with van der Waals surface area (Å²) in [5.74, 6) is -0.597. The minimum atomic E-state index is -1.04. The fourth-order valence-electron chi connectivity index (χ4n) is 1.93. The van der Waals surface area contributed by atoms with Crippen LogP contribution in [-0.4, -0.2) is 29.4 Å². The van der Waals surface area contributed by atoms with E-state index < -0.39 is 18.1 Å². The van der Waals surface area contributed by atoms with Crippen molar-refractivity contribution >= 4 is 39.8 Å². The van der Waals surface area contributed by atoms with Crippen LogP contribution < -0.4 is 15.5 Å². The third-order valence-electron chi connectivity index (χ3n) is 3.34. The highest BCUT2D eigenvalue weighted by Crippen LogP contribution is 2.19. The molecule has 0 aromatic heterocycles. The van der Waals surface area contributed by atoms with E-state index in [2.05, 4.69) is 31.8 Å². The minimum Gasteiger partial charge on any atom is -0.479 e. The number of amides is 2. The molecule has 2 aromatic rings. The monoisotopic (exact) mass is 419 g/mol. The number of anilines is 1. The molecular weight excluding hydrogens is 402 g/mol. The van der Waals surface area contributed by atoms with E-state index in [9.17, 15) is 9.59 Å². The predicted molar refractivity (Wildman–Crippen MR) is 103 cm³/mol. The lowest BCUT2D eigenvalue weighted by Gasteiger charge is -2.10. The van der Waals surface area contributed by atoms with Crippen LogP contribution >= 0.6 is 15.9 Å². The summed E-state index contributed by atoms with van der Waals surface area (Å²) in [6, 6.07) is 11.7. The topological polar surface area (TPSA) is 100 Å². The van der Waals surface area contributed by atoms with Gasteiger partial charge in [0.1, 0.15) is 5.75 Å². The number of aliphatic carboxylic acids is 1. The van der Waals surface area contributed by atoms with E-state index >= 15 is 0 Å². The molecule has 2 amide bonds. The fourth-order valence-corrected chi connectivity index (χ4v) is 2.18. The van der Waals surface area contributed by atoms with Gasteiger partial charge in [0.05, 0.1) is 6.21 Å². The van der Waals surface area contributed by atoms with Gasteiger partial charge >= 0.3 is 12.0 Å². The first-order valence-corrected chi connectivity index (χ1v) is 8.50. The number of rotatable bonds is 6. The van der Waals surface area contributed by atoms with Crippen molar-refractivity contribution in [3.63, 3.8) is 0 Å². The number of carbonyl (C=O) groups is 2. The second kappa shape index (κ2) is 9.00. The highest BCUT2D eigenvalue weighted by atomic mass is 79.9. The fraction of sp³-hybridized carbons (Fsp3) is 0.167. The average molecular weight is 420 g/mol. The van der Waals surface area contributed by atoms with Gasteiger partial charge in [-0.3, -0.25) is 0 Å². The van der Waals surface area contributed by atoms with Crippen LogP contribution in [0.25, 0.3) is 0 Å². The molecule has 136 valence electrons. The SMILES string of the molecule is Cc1cc(NC(=O)N/N=C/c2ccc(O[C@@H](C)C(=O)O)cc2)ccc1Br. The molecule has 0 aliphatic carbocycles. The smallest absolute Gasteiger partial charge is 0.344 e. The molecule has 0 saturated carbocycles. The number of hydrazone groups is 1. The van der Waals surface area contributed by atoms with Crippen molar-refractivity contribution in [1.82, 2.24) is 5.43 Å². The number of ether oxygens (including phenoxy) is 1. The molecule has 3 N–H and O–H groups in total. The summed E-state index contributed by atoms with van der Waals surface area (Å²) in [6.45, 7) is 3.38. The molecular formula is C18H18BrN3O4. The van der Waals surface area contributed by atoms with Gasteiger partial charge in [0.15, 0.2) is 6.10 Å². The van der Waals surface area contributed by atoms with Gasteiger partial charge in [-0.2, -0.15) is 5.10 Å². The van der Waals surface area contributed by atoms with Crippen LogP contribution in [0.1, 0.15) is 18.1 Å². The summed E-state index contributed by atoms with van der Waals surface area (Å²) in [6.07, 6.45) is 0.540. The van der Waals surface area contributed by atoms with Gasteiger partial charge in [0, 0.05) is 10.2 Å². The van der Waals surface area contributed by atoms with Gasteiger partial charge in [0.2, 0.25) is 0 Å². The van der Waals surface area contributed by atoms with E-state index in [1.807, 2.05) is 19.1 Å². The Balaban J connectivity index is 1.86. The van der Waals surface area contributed by atoms with Crippen molar-refractivity contribution in [3.05, 3.63) is 58.1 Å². The summed E-state index contributed by atoms with van der Waals surface area (Å²) in [4.78, 5) is 22.6. The Morgan fingerprint density at radius 1 is 1.23 bits per heavy atom. The second-order valence-corrected chi connectivity index (χ2v) is 6.31. The molecule has 0 heterocycles. The average Bonchev–Trinajstić information content (AvgIpc) is 2.59. The molecule has 2 rings (SSSR count). The number of nitrogens with one attached hydrogen (secondary N) is 2. The maximum Gasteiger partial charge on any atom is 0.344 e. The number of halogens is 1. The van der Waals surface area contributed by atoms with Crippen molar-refractivity contribution in [2.75, 3.05) is 5.32 Å². The summed E-state index contributed by atoms with van der Waals surface area (Å²) >= 11 is 3.40. The highest BCUT2D eigenvalue weighted by molar-refractivity contribution is 9.10. The van der Waals surface area contributed by atoms with E-state index in [4.69, 9.17) is 9.84 Å². The van der Waals surface area contributed by atoms with Crippen LogP contribution in [0.2, 0.25) is 0 Å². The van der Waals surface area contributed by atoms with Crippen molar-refractivity contribution in [2.45, 2.75) is 20.0 Å². The predicted octanol–water partition coefficient (Wildman–Crippen LogP) is 3.77. The van der Waals surface area contributed by atoms with E-state index in [1.165, 1.54) is 13.1 Å². The van der Waals surface area contributed by atoms with Crippen molar-refractivity contribution in [3.8, 4) is 5.75 Å². The van der Waals surface area contributed by atoms with Crippen molar-refractivity contribution in [1.29, 1.82) is 0 Å². The van der Waals surface area contributed by atoms with Crippen LogP contribution in [0.3, 0.4) is 0 Å². The zero-order valence-electron chi connectivity index (χ0n) is 14.2. The van der Waals surface area contributed by atoms with Crippen LogP contribution in [0, 0.1) is 6.92 Å². The molecule has 0 unspecified atom stereocenters. The zero-order chi connectivity index (χ0) is 19.1. The number of hydrogen-bond donors (Lipinski definition) is 3. The largest absolute Gasteiger partial charge is 0.479 e. The van der Waals surface area contributed by atoms with Gasteiger partial charge in [-0.25, -0.2) is 15.0 Å². The first-order chi connectivity index (χ1) is 12.3. The number of benzene rings is 2. The normalized spacial score (nSPS) is 11.8. The molecule has 1 atom stereocenters. The molecule has 7 nitrogen and oxygen atoms in total. The number of carboxylic acid groups (broad SMARTS) is 1. The Labute approximate surface area is 159 Å². The zero-order valence-corrected chi connectivity index (χ0v) is 15.8. The van der Waals surface area contributed by atoms with Crippen LogP contribution in [0.15, 0.2) is 52.0 Å². The first kappa shape index (κ1) is 19.5. The molecule has 26 heavy (non-hydrogen) atoms. The molecule has 0 saturated heterocycles. The van der Waals surface area contributed by atoms with E-state index in [0.717, 1.165) is 15.6 Å². The molecule has 0 fully saturated rings. The number of aryl methyl sites for hydroxylation is 1. The van der Waals surface area contributed by atoms with Gasteiger partial charge in [-0.15, -0.1) is 0 Å². The number of urea groups is 1.